The van der Waals surface area contributed by atoms with Crippen molar-refractivity contribution in [3.05, 3.63) is 77.4 Å². The molecule has 3 heterocycles. The van der Waals surface area contributed by atoms with Crippen LogP contribution in [0.5, 0.6) is 0 Å². The van der Waals surface area contributed by atoms with Gasteiger partial charge in [0.15, 0.2) is 0 Å². The molecule has 1 atom stereocenters. The lowest BCUT2D eigenvalue weighted by molar-refractivity contribution is -0.141. The third kappa shape index (κ3) is 4.32. The largest absolute Gasteiger partial charge is 0.343 e. The molecule has 3 aromatic rings. The lowest BCUT2D eigenvalue weighted by Gasteiger charge is -2.34. The highest BCUT2D eigenvalue weighted by Gasteiger charge is 2.47. The van der Waals surface area contributed by atoms with Gasteiger partial charge in [-0.05, 0) is 61.4 Å². The number of thiophene rings is 1. The second kappa shape index (κ2) is 9.65. The molecule has 0 bridgehead atoms. The van der Waals surface area contributed by atoms with Crippen LogP contribution in [0.3, 0.4) is 0 Å². The van der Waals surface area contributed by atoms with Gasteiger partial charge in [0.1, 0.15) is 0 Å². The van der Waals surface area contributed by atoms with E-state index in [-0.39, 0.29) is 11.8 Å². The number of carbonyl (C=O) groups excluding carboxylic acids is 2. The molecule has 0 spiro atoms. The van der Waals surface area contributed by atoms with Crippen LogP contribution in [0, 0.1) is 5.41 Å². The average Bonchev–Trinajstić information content (AvgIpc) is 3.52. The van der Waals surface area contributed by atoms with E-state index in [1.807, 2.05) is 35.8 Å². The van der Waals surface area contributed by atoms with E-state index in [0.717, 1.165) is 5.56 Å². The molecular weight excluding hydrogens is 418 g/mol. The summed E-state index contributed by atoms with van der Waals surface area (Å²) in [5.41, 5.74) is 2.33. The normalized spacial score (nSPS) is 18.0. The number of carbonyl (C=O) groups is 2. The number of aromatic nitrogens is 1. The second-order valence-electron chi connectivity index (χ2n) is 8.28. The molecule has 0 saturated carbocycles. The molecule has 2 aromatic heterocycles. The van der Waals surface area contributed by atoms with Gasteiger partial charge in [-0.15, -0.1) is 11.3 Å². The number of pyridine rings is 1. The van der Waals surface area contributed by atoms with Crippen molar-refractivity contribution in [3.63, 3.8) is 0 Å². The van der Waals surface area contributed by atoms with Crippen LogP contribution in [0.1, 0.15) is 36.2 Å². The molecule has 166 valence electrons. The first-order chi connectivity index (χ1) is 15.6. The van der Waals surface area contributed by atoms with Crippen LogP contribution in [0.25, 0.3) is 10.4 Å². The monoisotopic (exact) mass is 447 g/mol. The van der Waals surface area contributed by atoms with Gasteiger partial charge in [0.25, 0.3) is 5.91 Å². The first-order valence-electron chi connectivity index (χ1n) is 11.2. The highest BCUT2D eigenvalue weighted by molar-refractivity contribution is 7.13. The molecule has 32 heavy (non-hydrogen) atoms. The zero-order valence-electron chi connectivity index (χ0n) is 18.7. The standard InChI is InChI=1S/C26H29N3O2S/c1-3-28(4-2)25(31)26(13-16-29(19-26)24(30)20-11-14-27-15-12-20)18-21-8-5-6-9-22(21)23-10-7-17-32-23/h5-12,14-15,17H,3-4,13,16,18-19H2,1-2H3/t26-/m1/s1. The Kier molecular flexibility index (Phi) is 6.70. The molecule has 0 radical (unpaired) electrons. The zero-order chi connectivity index (χ0) is 22.6. The van der Waals surface area contributed by atoms with Crippen LogP contribution in [0.15, 0.2) is 66.3 Å². The van der Waals surface area contributed by atoms with E-state index in [9.17, 15) is 9.59 Å². The van der Waals surface area contributed by atoms with Gasteiger partial charge in [0.2, 0.25) is 5.91 Å². The Morgan fingerprint density at radius 3 is 2.50 bits per heavy atom. The van der Waals surface area contributed by atoms with Crippen LogP contribution in [0.4, 0.5) is 0 Å². The van der Waals surface area contributed by atoms with Crippen molar-refractivity contribution in [3.8, 4) is 10.4 Å². The van der Waals surface area contributed by atoms with Gasteiger partial charge in [-0.1, -0.05) is 30.3 Å². The summed E-state index contributed by atoms with van der Waals surface area (Å²) in [5, 5.41) is 2.08. The highest BCUT2D eigenvalue weighted by atomic mass is 32.1. The van der Waals surface area contributed by atoms with Gasteiger partial charge in [-0.25, -0.2) is 0 Å². The molecule has 2 amide bonds. The summed E-state index contributed by atoms with van der Waals surface area (Å²) < 4.78 is 0. The fourth-order valence-corrected chi connectivity index (χ4v) is 5.46. The maximum Gasteiger partial charge on any atom is 0.253 e. The van der Waals surface area contributed by atoms with Gasteiger partial charge in [0.05, 0.1) is 5.41 Å². The average molecular weight is 448 g/mol. The van der Waals surface area contributed by atoms with E-state index >= 15 is 0 Å². The van der Waals surface area contributed by atoms with E-state index in [0.29, 0.717) is 44.6 Å². The highest BCUT2D eigenvalue weighted by Crippen LogP contribution is 2.40. The number of likely N-dealkylation sites (tertiary alicyclic amines) is 1. The van der Waals surface area contributed by atoms with Crippen molar-refractivity contribution in [2.24, 2.45) is 5.41 Å². The van der Waals surface area contributed by atoms with Gasteiger partial charge in [0, 0.05) is 49.0 Å². The number of amides is 2. The molecule has 1 aliphatic heterocycles. The smallest absolute Gasteiger partial charge is 0.253 e. The Labute approximate surface area is 193 Å². The zero-order valence-corrected chi connectivity index (χ0v) is 19.5. The Bertz CT molecular complexity index is 1060. The van der Waals surface area contributed by atoms with Gasteiger partial charge in [-0.3, -0.25) is 14.6 Å². The van der Waals surface area contributed by atoms with Crippen molar-refractivity contribution in [1.29, 1.82) is 0 Å². The number of nitrogens with zero attached hydrogens (tertiary/aromatic N) is 3. The van der Waals surface area contributed by atoms with E-state index in [2.05, 4.69) is 34.6 Å². The number of hydrogen-bond donors (Lipinski definition) is 0. The van der Waals surface area contributed by atoms with Crippen LogP contribution >= 0.6 is 11.3 Å². The number of rotatable bonds is 7. The fraction of sp³-hybridized carbons (Fsp3) is 0.346. The van der Waals surface area contributed by atoms with Crippen LogP contribution in [-0.4, -0.2) is 52.8 Å². The predicted molar refractivity (Wildman–Crippen MR) is 129 cm³/mol. The molecule has 6 heteroatoms. The van der Waals surface area contributed by atoms with Crippen molar-refractivity contribution >= 4 is 23.2 Å². The van der Waals surface area contributed by atoms with Crippen molar-refractivity contribution in [2.75, 3.05) is 26.2 Å². The summed E-state index contributed by atoms with van der Waals surface area (Å²) >= 11 is 1.71. The lowest BCUT2D eigenvalue weighted by Crippen LogP contribution is -2.47. The first kappa shape index (κ1) is 22.2. The molecule has 1 aliphatic rings. The molecule has 1 aromatic carbocycles. The molecule has 1 saturated heterocycles. The number of hydrogen-bond acceptors (Lipinski definition) is 4. The fourth-order valence-electron chi connectivity index (χ4n) is 4.67. The Morgan fingerprint density at radius 2 is 1.81 bits per heavy atom. The summed E-state index contributed by atoms with van der Waals surface area (Å²) in [6.45, 7) is 6.38. The van der Waals surface area contributed by atoms with Crippen molar-refractivity contribution in [1.82, 2.24) is 14.8 Å². The van der Waals surface area contributed by atoms with E-state index in [1.165, 1.54) is 10.4 Å². The summed E-state index contributed by atoms with van der Waals surface area (Å²) in [6.07, 6.45) is 4.55. The molecule has 1 fully saturated rings. The third-order valence-corrected chi connectivity index (χ3v) is 7.31. The topological polar surface area (TPSA) is 53.5 Å². The number of benzene rings is 1. The third-order valence-electron chi connectivity index (χ3n) is 6.41. The van der Waals surface area contributed by atoms with Crippen LogP contribution in [0.2, 0.25) is 0 Å². The summed E-state index contributed by atoms with van der Waals surface area (Å²) in [6, 6.07) is 16.0. The molecular formula is C26H29N3O2S. The van der Waals surface area contributed by atoms with Crippen molar-refractivity contribution < 1.29 is 9.59 Å². The molecule has 0 N–H and O–H groups in total. The quantitative estimate of drug-likeness (QED) is 0.525. The van der Waals surface area contributed by atoms with Crippen molar-refractivity contribution in [2.45, 2.75) is 26.7 Å². The summed E-state index contributed by atoms with van der Waals surface area (Å²) in [5.74, 6) is 0.113. The second-order valence-corrected chi connectivity index (χ2v) is 9.23. The first-order valence-corrected chi connectivity index (χ1v) is 12.1. The molecule has 4 rings (SSSR count). The van der Waals surface area contributed by atoms with E-state index in [4.69, 9.17) is 0 Å². The molecule has 5 nitrogen and oxygen atoms in total. The van der Waals surface area contributed by atoms with Gasteiger partial charge < -0.3 is 9.80 Å². The van der Waals surface area contributed by atoms with E-state index in [1.54, 1.807) is 35.9 Å². The Morgan fingerprint density at radius 1 is 1.06 bits per heavy atom. The Hall–Kier alpha value is -2.99. The van der Waals surface area contributed by atoms with Crippen LogP contribution in [-0.2, 0) is 11.2 Å². The lowest BCUT2D eigenvalue weighted by atomic mass is 9.78. The summed E-state index contributed by atoms with van der Waals surface area (Å²) in [4.78, 5) is 35.9. The van der Waals surface area contributed by atoms with Gasteiger partial charge in [-0.2, -0.15) is 0 Å². The predicted octanol–water partition coefficient (Wildman–Crippen LogP) is 4.75. The summed E-state index contributed by atoms with van der Waals surface area (Å²) in [7, 11) is 0. The minimum Gasteiger partial charge on any atom is -0.343 e. The molecule has 0 aliphatic carbocycles. The van der Waals surface area contributed by atoms with E-state index < -0.39 is 5.41 Å². The minimum atomic E-state index is -0.623. The Balaban J connectivity index is 1.68. The maximum absolute atomic E-state index is 13.8. The SMILES string of the molecule is CCN(CC)C(=O)[C@@]1(Cc2ccccc2-c2cccs2)CCN(C(=O)c2ccncc2)C1. The van der Waals surface area contributed by atoms with Gasteiger partial charge >= 0.3 is 0 Å². The van der Waals surface area contributed by atoms with Crippen LogP contribution < -0.4 is 0 Å². The molecule has 0 unspecified atom stereocenters. The minimum absolute atomic E-state index is 0.0341. The maximum atomic E-state index is 13.8.